The molecule has 0 unspecified atom stereocenters. The van der Waals surface area contributed by atoms with E-state index in [2.05, 4.69) is 23.2 Å². The van der Waals surface area contributed by atoms with Gasteiger partial charge in [0.05, 0.1) is 5.69 Å². The minimum atomic E-state index is 0.766. The lowest BCUT2D eigenvalue weighted by atomic mass is 10.0. The van der Waals surface area contributed by atoms with E-state index in [1.807, 2.05) is 55.5 Å². The molecule has 0 saturated heterocycles. The SMILES string of the molecule is Cc1cccc(-c2cccc(-c3ccccc3Cl)c2)n1. The van der Waals surface area contributed by atoms with Crippen LogP contribution >= 0.6 is 11.6 Å². The molecule has 0 fully saturated rings. The minimum absolute atomic E-state index is 0.766. The van der Waals surface area contributed by atoms with Crippen molar-refractivity contribution in [2.24, 2.45) is 0 Å². The summed E-state index contributed by atoms with van der Waals surface area (Å²) < 4.78 is 0. The number of hydrogen-bond acceptors (Lipinski definition) is 1. The second kappa shape index (κ2) is 5.48. The van der Waals surface area contributed by atoms with Crippen molar-refractivity contribution in [1.82, 2.24) is 4.98 Å². The summed E-state index contributed by atoms with van der Waals surface area (Å²) in [7, 11) is 0. The fourth-order valence-corrected chi connectivity index (χ4v) is 2.49. The molecule has 1 nitrogen and oxygen atoms in total. The highest BCUT2D eigenvalue weighted by atomic mass is 35.5. The second-order valence-corrected chi connectivity index (χ2v) is 5.13. The third-order valence-corrected chi connectivity index (χ3v) is 3.56. The summed E-state index contributed by atoms with van der Waals surface area (Å²) >= 11 is 6.27. The van der Waals surface area contributed by atoms with Crippen LogP contribution in [0.1, 0.15) is 5.69 Å². The smallest absolute Gasteiger partial charge is 0.0705 e. The topological polar surface area (TPSA) is 12.9 Å². The van der Waals surface area contributed by atoms with E-state index in [1.54, 1.807) is 0 Å². The van der Waals surface area contributed by atoms with Gasteiger partial charge in [0.2, 0.25) is 0 Å². The van der Waals surface area contributed by atoms with Crippen LogP contribution in [-0.4, -0.2) is 4.98 Å². The zero-order valence-corrected chi connectivity index (χ0v) is 11.9. The van der Waals surface area contributed by atoms with Crippen LogP contribution in [0.5, 0.6) is 0 Å². The van der Waals surface area contributed by atoms with Crippen LogP contribution in [0.2, 0.25) is 5.02 Å². The molecule has 0 N–H and O–H groups in total. The molecule has 0 aliphatic carbocycles. The Morgan fingerprint density at radius 1 is 0.800 bits per heavy atom. The standard InChI is InChI=1S/C18H14ClN/c1-13-6-4-11-18(20-13)15-8-5-7-14(12-15)16-9-2-3-10-17(16)19/h2-12H,1H3. The molecule has 1 aromatic heterocycles. The number of pyridine rings is 1. The first kappa shape index (κ1) is 12.9. The maximum absolute atomic E-state index is 6.27. The summed E-state index contributed by atoms with van der Waals surface area (Å²) in [4.78, 5) is 4.57. The molecule has 0 atom stereocenters. The molecule has 0 saturated carbocycles. The number of aryl methyl sites for hydroxylation is 1. The summed E-state index contributed by atoms with van der Waals surface area (Å²) in [5.74, 6) is 0. The molecule has 0 bridgehead atoms. The fraction of sp³-hybridized carbons (Fsp3) is 0.0556. The van der Waals surface area contributed by atoms with Crippen molar-refractivity contribution in [3.05, 3.63) is 77.4 Å². The Hall–Kier alpha value is -2.12. The van der Waals surface area contributed by atoms with E-state index in [9.17, 15) is 0 Å². The van der Waals surface area contributed by atoms with Crippen molar-refractivity contribution >= 4 is 11.6 Å². The van der Waals surface area contributed by atoms with E-state index >= 15 is 0 Å². The Kier molecular flexibility index (Phi) is 3.53. The van der Waals surface area contributed by atoms with Crippen molar-refractivity contribution in [3.63, 3.8) is 0 Å². The Morgan fingerprint density at radius 2 is 1.55 bits per heavy atom. The van der Waals surface area contributed by atoms with Gasteiger partial charge in [0.25, 0.3) is 0 Å². The van der Waals surface area contributed by atoms with Gasteiger partial charge in [-0.3, -0.25) is 4.98 Å². The van der Waals surface area contributed by atoms with E-state index in [0.717, 1.165) is 33.1 Å². The summed E-state index contributed by atoms with van der Waals surface area (Å²) in [6, 6.07) is 22.2. The van der Waals surface area contributed by atoms with Crippen molar-refractivity contribution in [3.8, 4) is 22.4 Å². The second-order valence-electron chi connectivity index (χ2n) is 4.72. The molecule has 2 heteroatoms. The van der Waals surface area contributed by atoms with Gasteiger partial charge in [-0.05, 0) is 36.8 Å². The van der Waals surface area contributed by atoms with Crippen LogP contribution in [0.25, 0.3) is 22.4 Å². The number of nitrogens with zero attached hydrogens (tertiary/aromatic N) is 1. The van der Waals surface area contributed by atoms with E-state index in [-0.39, 0.29) is 0 Å². The van der Waals surface area contributed by atoms with Gasteiger partial charge in [-0.2, -0.15) is 0 Å². The minimum Gasteiger partial charge on any atom is -0.253 e. The third kappa shape index (κ3) is 2.59. The summed E-state index contributed by atoms with van der Waals surface area (Å²) in [5.41, 5.74) is 5.26. The fourth-order valence-electron chi connectivity index (χ4n) is 2.25. The van der Waals surface area contributed by atoms with Gasteiger partial charge in [-0.1, -0.05) is 54.1 Å². The molecular formula is C18H14ClN. The first-order chi connectivity index (χ1) is 9.74. The lowest BCUT2D eigenvalue weighted by Gasteiger charge is -2.07. The molecule has 20 heavy (non-hydrogen) atoms. The first-order valence-corrected chi connectivity index (χ1v) is 6.91. The molecule has 0 spiro atoms. The van der Waals surface area contributed by atoms with Crippen LogP contribution in [0.3, 0.4) is 0 Å². The number of rotatable bonds is 2. The Labute approximate surface area is 123 Å². The maximum Gasteiger partial charge on any atom is 0.0705 e. The van der Waals surface area contributed by atoms with Crippen molar-refractivity contribution in [1.29, 1.82) is 0 Å². The lowest BCUT2D eigenvalue weighted by Crippen LogP contribution is -1.87. The van der Waals surface area contributed by atoms with Crippen molar-refractivity contribution < 1.29 is 0 Å². The number of aromatic nitrogens is 1. The average Bonchev–Trinajstić information content (AvgIpc) is 2.48. The van der Waals surface area contributed by atoms with Crippen LogP contribution in [0, 0.1) is 6.92 Å². The van der Waals surface area contributed by atoms with E-state index in [1.165, 1.54) is 0 Å². The molecule has 0 amide bonds. The highest BCUT2D eigenvalue weighted by Crippen LogP contribution is 2.30. The molecule has 0 aliphatic heterocycles. The summed E-state index contributed by atoms with van der Waals surface area (Å²) in [5, 5.41) is 0.766. The Morgan fingerprint density at radius 3 is 2.35 bits per heavy atom. The molecule has 0 aliphatic rings. The van der Waals surface area contributed by atoms with Gasteiger partial charge in [0.1, 0.15) is 0 Å². The number of halogens is 1. The van der Waals surface area contributed by atoms with Gasteiger partial charge in [0, 0.05) is 21.8 Å². The number of benzene rings is 2. The Bertz CT molecular complexity index is 750. The zero-order valence-electron chi connectivity index (χ0n) is 11.2. The predicted molar refractivity (Wildman–Crippen MR) is 84.9 cm³/mol. The predicted octanol–water partition coefficient (Wildman–Crippen LogP) is 5.38. The largest absolute Gasteiger partial charge is 0.253 e. The molecule has 1 heterocycles. The monoisotopic (exact) mass is 279 g/mol. The normalized spacial score (nSPS) is 10.5. The third-order valence-electron chi connectivity index (χ3n) is 3.23. The maximum atomic E-state index is 6.27. The highest BCUT2D eigenvalue weighted by molar-refractivity contribution is 6.33. The zero-order chi connectivity index (χ0) is 13.9. The molecule has 3 rings (SSSR count). The van der Waals surface area contributed by atoms with E-state index in [4.69, 9.17) is 11.6 Å². The quantitative estimate of drug-likeness (QED) is 0.614. The van der Waals surface area contributed by atoms with E-state index in [0.29, 0.717) is 0 Å². The van der Waals surface area contributed by atoms with Gasteiger partial charge in [0.15, 0.2) is 0 Å². The van der Waals surface area contributed by atoms with Gasteiger partial charge in [-0.25, -0.2) is 0 Å². The van der Waals surface area contributed by atoms with Crippen LogP contribution < -0.4 is 0 Å². The van der Waals surface area contributed by atoms with Crippen molar-refractivity contribution in [2.75, 3.05) is 0 Å². The van der Waals surface area contributed by atoms with Gasteiger partial charge in [-0.15, -0.1) is 0 Å². The van der Waals surface area contributed by atoms with Crippen LogP contribution in [-0.2, 0) is 0 Å². The molecule has 98 valence electrons. The summed E-state index contributed by atoms with van der Waals surface area (Å²) in [6.07, 6.45) is 0. The lowest BCUT2D eigenvalue weighted by molar-refractivity contribution is 1.21. The average molecular weight is 280 g/mol. The molecular weight excluding hydrogens is 266 g/mol. The van der Waals surface area contributed by atoms with Crippen LogP contribution in [0.15, 0.2) is 66.7 Å². The highest BCUT2D eigenvalue weighted by Gasteiger charge is 2.05. The number of hydrogen-bond donors (Lipinski definition) is 0. The Balaban J connectivity index is 2.09. The van der Waals surface area contributed by atoms with Gasteiger partial charge < -0.3 is 0 Å². The first-order valence-electron chi connectivity index (χ1n) is 6.53. The molecule has 3 aromatic rings. The van der Waals surface area contributed by atoms with Crippen molar-refractivity contribution in [2.45, 2.75) is 6.92 Å². The van der Waals surface area contributed by atoms with E-state index < -0.39 is 0 Å². The summed E-state index contributed by atoms with van der Waals surface area (Å²) in [6.45, 7) is 2.00. The van der Waals surface area contributed by atoms with Crippen LogP contribution in [0.4, 0.5) is 0 Å². The molecule has 2 aromatic carbocycles. The van der Waals surface area contributed by atoms with Gasteiger partial charge >= 0.3 is 0 Å². The molecule has 0 radical (unpaired) electrons.